The van der Waals surface area contributed by atoms with Crippen LogP contribution in [0.5, 0.6) is 23.0 Å². The number of carbonyl (C=O) groups is 2. The van der Waals surface area contributed by atoms with Gasteiger partial charge < -0.3 is 90.6 Å². The van der Waals surface area contributed by atoms with Crippen molar-refractivity contribution in [3.8, 4) is 35.1 Å². The van der Waals surface area contributed by atoms with E-state index in [9.17, 15) is 54.9 Å². The number of rotatable bonds is 42. The summed E-state index contributed by atoms with van der Waals surface area (Å²) in [5.74, 6) is -5.01. The van der Waals surface area contributed by atoms with Crippen LogP contribution in [-0.2, 0) is 41.4 Å². The van der Waals surface area contributed by atoms with Crippen LogP contribution < -0.4 is 61.5 Å². The predicted molar refractivity (Wildman–Crippen MR) is 482 cm³/mol. The summed E-state index contributed by atoms with van der Waals surface area (Å²) >= 11 is 0. The third kappa shape index (κ3) is 31.3. The molecule has 12 aromatic rings. The molecule has 0 saturated heterocycles. The van der Waals surface area contributed by atoms with Crippen molar-refractivity contribution in [1.82, 2.24) is 39.9 Å². The average Bonchev–Trinajstić information content (AvgIpc) is 0.838. The van der Waals surface area contributed by atoms with E-state index >= 15 is 0 Å². The van der Waals surface area contributed by atoms with Crippen LogP contribution in [0, 0.1) is 69.2 Å². The Morgan fingerprint density at radius 1 is 0.341 bits per heavy atom. The van der Waals surface area contributed by atoms with Crippen LogP contribution in [0.2, 0.25) is 0 Å². The molecule has 0 spiro atoms. The summed E-state index contributed by atoms with van der Waals surface area (Å²) in [5.41, 5.74) is 6.85. The highest BCUT2D eigenvalue weighted by Gasteiger charge is 2.20. The van der Waals surface area contributed by atoms with E-state index in [1.54, 1.807) is 147 Å². The van der Waals surface area contributed by atoms with Crippen LogP contribution >= 0.6 is 0 Å². The van der Waals surface area contributed by atoms with Gasteiger partial charge in [0, 0.05) is 111 Å². The first-order valence-electron chi connectivity index (χ1n) is 39.7. The van der Waals surface area contributed by atoms with Gasteiger partial charge in [0.15, 0.2) is 104 Å². The van der Waals surface area contributed by atoms with Crippen molar-refractivity contribution in [2.45, 2.75) is 38.9 Å². The number of aliphatic hydroxyl groups excluding tert-OH is 2. The monoisotopic (exact) mass is 1810 g/mol. The van der Waals surface area contributed by atoms with Crippen LogP contribution in [0.25, 0.3) is 0 Å². The van der Waals surface area contributed by atoms with Crippen molar-refractivity contribution < 1.29 is 92.8 Å². The number of nitriles is 2. The molecule has 0 bridgehead atoms. The number of aliphatic hydroxyl groups is 2. The van der Waals surface area contributed by atoms with Gasteiger partial charge in [-0.05, 0) is 144 Å². The molecule has 132 heavy (non-hydrogen) atoms. The lowest BCUT2D eigenvalue weighted by atomic mass is 10.0. The maximum Gasteiger partial charge on any atom is 0.229 e. The predicted octanol–water partition coefficient (Wildman–Crippen LogP) is 18.7. The summed E-state index contributed by atoms with van der Waals surface area (Å²) in [5, 5.41) is 60.6. The zero-order chi connectivity index (χ0) is 95.2. The molecule has 0 aliphatic carbocycles. The van der Waals surface area contributed by atoms with Gasteiger partial charge in [-0.25, -0.2) is 55.1 Å². The molecule has 0 amide bonds. The van der Waals surface area contributed by atoms with E-state index in [1.165, 1.54) is 77.0 Å². The highest BCUT2D eigenvalue weighted by atomic mass is 19.2. The Bertz CT molecular complexity index is 6100. The molecule has 2 atom stereocenters. The Kier molecular flexibility index (Phi) is 38.3. The molecular formula is C94H90F8N18O12. The van der Waals surface area contributed by atoms with Crippen molar-refractivity contribution in [3.63, 3.8) is 0 Å². The molecule has 0 aliphatic rings. The third-order valence-electron chi connectivity index (χ3n) is 17.9. The molecule has 0 fully saturated rings. The van der Waals surface area contributed by atoms with Gasteiger partial charge in [-0.15, -0.1) is 0 Å². The number of hydrogen-bond acceptors (Lipinski definition) is 30. The number of halogens is 8. The number of allylic oxidation sites excluding steroid dienone is 2. The molecular weight excluding hydrogens is 1730 g/mol. The number of Topliss-reactive ketones (excluding diaryl/α,β-unsaturated/α-hetero) is 2. The molecule has 0 saturated carbocycles. The summed E-state index contributed by atoms with van der Waals surface area (Å²) in [7, 11) is 6.09. The molecule has 4 heterocycles. The van der Waals surface area contributed by atoms with Crippen molar-refractivity contribution in [2.75, 3.05) is 124 Å². The van der Waals surface area contributed by atoms with E-state index in [-0.39, 0.29) is 132 Å². The summed E-state index contributed by atoms with van der Waals surface area (Å²) in [4.78, 5) is 55.7. The van der Waals surface area contributed by atoms with Crippen LogP contribution in [0.1, 0.15) is 48.3 Å². The molecule has 38 heteroatoms. The van der Waals surface area contributed by atoms with Gasteiger partial charge >= 0.3 is 0 Å². The maximum atomic E-state index is 14.3. The zero-order valence-electron chi connectivity index (χ0n) is 72.0. The third-order valence-corrected chi connectivity index (χ3v) is 17.9. The van der Waals surface area contributed by atoms with E-state index in [1.807, 2.05) is 0 Å². The smallest absolute Gasteiger partial charge is 0.229 e. The normalized spacial score (nSPS) is 11.0. The molecule has 30 nitrogen and oxygen atoms in total. The Balaban J connectivity index is 0.000000198. The lowest BCUT2D eigenvalue weighted by molar-refractivity contribution is -0.115. The molecule has 0 radical (unpaired) electrons. The van der Waals surface area contributed by atoms with E-state index in [0.29, 0.717) is 94.2 Å². The number of hydrogen-bond donors (Lipinski definition) is 10. The Hall–Kier alpha value is -15.8. The van der Waals surface area contributed by atoms with Crippen molar-refractivity contribution >= 4 is 104 Å². The van der Waals surface area contributed by atoms with Gasteiger partial charge in [0.2, 0.25) is 23.8 Å². The van der Waals surface area contributed by atoms with Gasteiger partial charge in [-0.3, -0.25) is 9.59 Å². The van der Waals surface area contributed by atoms with Crippen LogP contribution in [0.15, 0.2) is 243 Å². The lowest BCUT2D eigenvalue weighted by Crippen LogP contribution is -2.06. The Morgan fingerprint density at radius 2 is 0.621 bits per heavy atom. The van der Waals surface area contributed by atoms with Gasteiger partial charge in [0.1, 0.15) is 38.6 Å². The Labute approximate surface area is 753 Å². The molecule has 8 aromatic carbocycles. The number of anilines is 16. The van der Waals surface area contributed by atoms with Gasteiger partial charge in [0.25, 0.3) is 0 Å². The number of ketones is 2. The lowest BCUT2D eigenvalue weighted by Gasteiger charge is -2.13. The first kappa shape index (κ1) is 99.9. The summed E-state index contributed by atoms with van der Waals surface area (Å²) < 4.78 is 155. The molecule has 4 aromatic heterocycles. The molecule has 12 rings (SSSR count). The summed E-state index contributed by atoms with van der Waals surface area (Å²) in [6, 6.07) is 47.3. The second kappa shape index (κ2) is 50.6. The first-order chi connectivity index (χ1) is 63.5. The molecule has 2 unspecified atom stereocenters. The number of ether oxygens (including phenoxy) is 8. The van der Waals surface area contributed by atoms with E-state index < -0.39 is 58.7 Å². The number of nitrogens with one attached hydrogen (secondary N) is 8. The van der Waals surface area contributed by atoms with Crippen molar-refractivity contribution in [3.05, 3.63) is 312 Å². The quantitative estimate of drug-likeness (QED) is 0.00735. The fraction of sp³-hybridized carbons (Fsp3) is 0.191. The molecule has 10 N–H and O–H groups in total. The fourth-order valence-corrected chi connectivity index (χ4v) is 11.0. The average molecular weight is 1820 g/mol. The van der Waals surface area contributed by atoms with Gasteiger partial charge in [0.05, 0.1) is 74.5 Å². The molecule has 684 valence electrons. The Morgan fingerprint density at radius 3 is 0.932 bits per heavy atom. The first-order valence-corrected chi connectivity index (χ1v) is 39.7. The minimum atomic E-state index is -1.18. The standard InChI is InChI=1S/2C24H24F2N4O3.2C23H21F2N5O3/c1-15(2)21(31)12-16-4-6-17(7-5-16)28-23-20(26)14-27-24(30-23)29-18-8-9-22(19(25)13-18)33-11-10-32-3;1-15(2)21(31)12-16-5-4-6-17(11-16)28-23-20(26)14-27-24(30-23)29-18-7-8-22(19(25)13-18)33-10-9-32-3;1-14(12-26)21(31)15-3-5-16(6-4-15)28-22-19(25)13-27-23(30-22)29-17-7-8-20(18(24)11-17)33-10-9-32-2;1-14(12-26)21(31)15-4-3-5-16(10-15)28-22-19(25)13-27-23(30-22)29-17-6-7-20(18(24)11-17)33-9-8-32-2/h4-9,13-14H,1,10-12H2,2-3H3,(H2,27,28,29,30);4-8,11,13-14H,1,9-10,12H2,2-3H3,(H2,27,28,29,30);3-8,11,13,21,31H,1,9-10H2,2H3,(H2,27,28,29,30);3-7,10-11,13,21,31H,1,8-9H2,2H3,(H2,27,28,29,30). The fourth-order valence-electron chi connectivity index (χ4n) is 11.0. The highest BCUT2D eigenvalue weighted by Crippen LogP contribution is 2.33. The van der Waals surface area contributed by atoms with Gasteiger partial charge in [-0.2, -0.15) is 30.5 Å². The van der Waals surface area contributed by atoms with E-state index in [4.69, 9.17) is 48.4 Å². The van der Waals surface area contributed by atoms with E-state index in [2.05, 4.69) is 109 Å². The largest absolute Gasteiger partial charge is 0.488 e. The van der Waals surface area contributed by atoms with Crippen molar-refractivity contribution in [2.24, 2.45) is 0 Å². The minimum Gasteiger partial charge on any atom is -0.488 e. The van der Waals surface area contributed by atoms with E-state index in [0.717, 1.165) is 35.9 Å². The number of nitrogens with zero attached hydrogens (tertiary/aromatic N) is 10. The maximum absolute atomic E-state index is 14.3. The SMILES string of the molecule is C=C(C#N)C(O)c1ccc(Nc2nc(Nc3ccc(OCCOC)c(F)c3)ncc2F)cc1.C=C(C#N)C(O)c1cccc(Nc2nc(Nc3ccc(OCCOC)c(F)c3)ncc2F)c1.C=C(C)C(=O)Cc1ccc(Nc2nc(Nc3ccc(OCCOC)c(F)c3)ncc2F)cc1.C=C(C)C(=O)Cc1cccc(Nc2nc(Nc3ccc(OCCOC)c(F)c3)ncc2F)c1. The highest BCUT2D eigenvalue weighted by molar-refractivity contribution is 5.96. The number of benzene rings is 8. The van der Waals surface area contributed by atoms with Crippen LogP contribution in [0.4, 0.5) is 128 Å². The van der Waals surface area contributed by atoms with Crippen molar-refractivity contribution in [1.29, 1.82) is 10.5 Å². The summed E-state index contributed by atoms with van der Waals surface area (Å²) in [6.45, 7) is 19.8. The van der Waals surface area contributed by atoms with Crippen LogP contribution in [-0.4, -0.2) is 143 Å². The number of carbonyl (C=O) groups excluding carboxylic acids is 2. The zero-order valence-corrected chi connectivity index (χ0v) is 72.0. The molecule has 0 aliphatic heterocycles. The second-order valence-electron chi connectivity index (χ2n) is 28.0. The minimum absolute atomic E-state index is 0.0132. The second-order valence-corrected chi connectivity index (χ2v) is 28.0. The number of methoxy groups -OCH3 is 4. The number of aromatic nitrogens is 8. The summed E-state index contributed by atoms with van der Waals surface area (Å²) in [6.07, 6.45) is 2.10. The van der Waals surface area contributed by atoms with Crippen LogP contribution in [0.3, 0.4) is 0 Å². The van der Waals surface area contributed by atoms with Gasteiger partial charge in [-0.1, -0.05) is 74.8 Å². The topological polar surface area (TPSA) is 395 Å².